The fourth-order valence-electron chi connectivity index (χ4n) is 4.26. The van der Waals surface area contributed by atoms with E-state index in [4.69, 9.17) is 4.74 Å². The van der Waals surface area contributed by atoms with E-state index in [1.54, 1.807) is 30.3 Å². The van der Waals surface area contributed by atoms with Crippen molar-refractivity contribution in [2.75, 3.05) is 39.4 Å². The van der Waals surface area contributed by atoms with Gasteiger partial charge in [0.1, 0.15) is 5.76 Å². The lowest BCUT2D eigenvalue weighted by Crippen LogP contribution is -2.42. The summed E-state index contributed by atoms with van der Waals surface area (Å²) in [4.78, 5) is 40.8. The third kappa shape index (κ3) is 4.50. The molecule has 172 valence electrons. The van der Waals surface area contributed by atoms with Crippen LogP contribution in [0.2, 0.25) is 0 Å². The number of ether oxygens (including phenoxy) is 1. The van der Waals surface area contributed by atoms with Crippen LogP contribution in [0.3, 0.4) is 0 Å². The van der Waals surface area contributed by atoms with Crippen molar-refractivity contribution >= 4 is 23.1 Å². The maximum atomic E-state index is 13.1. The lowest BCUT2D eigenvalue weighted by atomic mass is 9.94. The minimum atomic E-state index is -1.06. The fraction of sp³-hybridized carbons (Fsp3) is 0.333. The van der Waals surface area contributed by atoms with Crippen LogP contribution in [0, 0.1) is 17.0 Å². The Bertz CT molecular complexity index is 1110. The Hall–Kier alpha value is -3.56. The van der Waals surface area contributed by atoms with Crippen molar-refractivity contribution in [1.29, 1.82) is 0 Å². The van der Waals surface area contributed by atoms with Crippen molar-refractivity contribution in [3.8, 4) is 0 Å². The second-order valence-corrected chi connectivity index (χ2v) is 8.13. The van der Waals surface area contributed by atoms with Gasteiger partial charge in [0.2, 0.25) is 0 Å². The van der Waals surface area contributed by atoms with E-state index >= 15 is 0 Å². The third-order valence-corrected chi connectivity index (χ3v) is 6.05. The van der Waals surface area contributed by atoms with Crippen molar-refractivity contribution in [3.05, 3.63) is 80.9 Å². The summed E-state index contributed by atoms with van der Waals surface area (Å²) >= 11 is 0. The molecule has 2 aliphatic rings. The van der Waals surface area contributed by atoms with Gasteiger partial charge in [-0.1, -0.05) is 42.0 Å². The average Bonchev–Trinajstić information content (AvgIpc) is 3.08. The first-order valence-electron chi connectivity index (χ1n) is 10.8. The first-order chi connectivity index (χ1) is 15.9. The van der Waals surface area contributed by atoms with Crippen LogP contribution in [0.4, 0.5) is 5.69 Å². The Morgan fingerprint density at radius 1 is 1.09 bits per heavy atom. The average molecular weight is 451 g/mol. The van der Waals surface area contributed by atoms with Gasteiger partial charge in [-0.25, -0.2) is 0 Å². The van der Waals surface area contributed by atoms with Gasteiger partial charge in [0.25, 0.3) is 17.4 Å². The predicted octanol–water partition coefficient (Wildman–Crippen LogP) is 2.66. The molecule has 2 heterocycles. The van der Waals surface area contributed by atoms with Crippen LogP contribution < -0.4 is 0 Å². The van der Waals surface area contributed by atoms with Crippen molar-refractivity contribution in [2.24, 2.45) is 0 Å². The van der Waals surface area contributed by atoms with Gasteiger partial charge in [-0.15, -0.1) is 0 Å². The molecule has 33 heavy (non-hydrogen) atoms. The van der Waals surface area contributed by atoms with Gasteiger partial charge in [0.05, 0.1) is 35.3 Å². The van der Waals surface area contributed by atoms with E-state index in [-0.39, 0.29) is 29.1 Å². The highest BCUT2D eigenvalue weighted by atomic mass is 16.6. The van der Waals surface area contributed by atoms with Crippen LogP contribution in [0.25, 0.3) is 5.76 Å². The summed E-state index contributed by atoms with van der Waals surface area (Å²) in [5, 5.41) is 22.8. The number of aliphatic hydroxyl groups excluding tert-OH is 1. The Kier molecular flexibility index (Phi) is 6.52. The van der Waals surface area contributed by atoms with E-state index in [0.717, 1.165) is 5.56 Å². The molecule has 4 rings (SSSR count). The van der Waals surface area contributed by atoms with E-state index in [9.17, 15) is 24.8 Å². The summed E-state index contributed by atoms with van der Waals surface area (Å²) in [6.07, 6.45) is 0. The number of likely N-dealkylation sites (tertiary alicyclic amines) is 1. The first kappa shape index (κ1) is 22.6. The minimum Gasteiger partial charge on any atom is -0.507 e. The zero-order chi connectivity index (χ0) is 23.5. The monoisotopic (exact) mass is 451 g/mol. The quantitative estimate of drug-likeness (QED) is 0.236. The summed E-state index contributed by atoms with van der Waals surface area (Å²) < 4.78 is 5.36. The normalized spacial score (nSPS) is 20.9. The molecule has 0 radical (unpaired) electrons. The summed E-state index contributed by atoms with van der Waals surface area (Å²) in [7, 11) is 0. The number of ketones is 1. The second kappa shape index (κ2) is 9.51. The van der Waals surface area contributed by atoms with E-state index in [1.807, 2.05) is 6.92 Å². The number of aliphatic hydroxyl groups is 1. The number of para-hydroxylation sites is 1. The van der Waals surface area contributed by atoms with E-state index in [2.05, 4.69) is 4.90 Å². The largest absolute Gasteiger partial charge is 0.507 e. The van der Waals surface area contributed by atoms with Gasteiger partial charge in [0, 0.05) is 37.8 Å². The van der Waals surface area contributed by atoms with Crippen molar-refractivity contribution in [2.45, 2.75) is 13.0 Å². The van der Waals surface area contributed by atoms with Crippen molar-refractivity contribution in [1.82, 2.24) is 9.80 Å². The zero-order valence-electron chi connectivity index (χ0n) is 18.3. The molecule has 0 unspecified atom stereocenters. The first-order valence-corrected chi connectivity index (χ1v) is 10.8. The van der Waals surface area contributed by atoms with Crippen LogP contribution in [-0.4, -0.2) is 70.9 Å². The van der Waals surface area contributed by atoms with E-state index in [0.29, 0.717) is 38.4 Å². The summed E-state index contributed by atoms with van der Waals surface area (Å²) in [5.41, 5.74) is 1.18. The molecular weight excluding hydrogens is 426 g/mol. The Balaban J connectivity index is 1.80. The summed E-state index contributed by atoms with van der Waals surface area (Å²) in [5.74, 6) is -1.97. The third-order valence-electron chi connectivity index (χ3n) is 6.05. The van der Waals surface area contributed by atoms with Gasteiger partial charge in [-0.05, 0) is 13.0 Å². The van der Waals surface area contributed by atoms with Gasteiger partial charge in [-0.2, -0.15) is 0 Å². The van der Waals surface area contributed by atoms with E-state index < -0.39 is 22.7 Å². The molecular formula is C24H25N3O6. The van der Waals surface area contributed by atoms with Crippen molar-refractivity contribution in [3.63, 3.8) is 0 Å². The number of benzene rings is 2. The lowest BCUT2D eigenvalue weighted by molar-refractivity contribution is -0.385. The number of Topliss-reactive ketones (excluding diaryl/α,β-unsaturated/α-hetero) is 1. The number of hydrogen-bond acceptors (Lipinski definition) is 7. The van der Waals surface area contributed by atoms with Gasteiger partial charge in [-0.3, -0.25) is 24.6 Å². The summed E-state index contributed by atoms with van der Waals surface area (Å²) in [6, 6.07) is 11.8. The Labute approximate surface area is 191 Å². The molecule has 9 nitrogen and oxygen atoms in total. The lowest BCUT2D eigenvalue weighted by Gasteiger charge is -2.30. The molecule has 2 saturated heterocycles. The Morgan fingerprint density at radius 3 is 2.42 bits per heavy atom. The molecule has 2 aromatic rings. The maximum Gasteiger partial charge on any atom is 0.295 e. The highest BCUT2D eigenvalue weighted by molar-refractivity contribution is 6.46. The molecule has 9 heteroatoms. The maximum absolute atomic E-state index is 13.1. The molecule has 0 aliphatic carbocycles. The van der Waals surface area contributed by atoms with Crippen LogP contribution in [0.5, 0.6) is 0 Å². The molecule has 2 fully saturated rings. The smallest absolute Gasteiger partial charge is 0.295 e. The van der Waals surface area contributed by atoms with Gasteiger partial charge < -0.3 is 14.7 Å². The molecule has 1 amide bonds. The number of hydrogen-bond donors (Lipinski definition) is 1. The number of aryl methyl sites for hydroxylation is 1. The highest BCUT2D eigenvalue weighted by Gasteiger charge is 2.48. The number of nitro benzene ring substituents is 1. The highest BCUT2D eigenvalue weighted by Crippen LogP contribution is 2.42. The number of carbonyl (C=O) groups is 2. The second-order valence-electron chi connectivity index (χ2n) is 8.13. The minimum absolute atomic E-state index is 0.139. The molecule has 2 aliphatic heterocycles. The van der Waals surface area contributed by atoms with Crippen molar-refractivity contribution < 1.29 is 24.4 Å². The number of nitro groups is 1. The van der Waals surface area contributed by atoms with Crippen LogP contribution in [0.15, 0.2) is 54.1 Å². The van der Waals surface area contributed by atoms with Crippen LogP contribution >= 0.6 is 0 Å². The molecule has 1 N–H and O–H groups in total. The predicted molar refractivity (Wildman–Crippen MR) is 121 cm³/mol. The van der Waals surface area contributed by atoms with Crippen LogP contribution in [0.1, 0.15) is 22.7 Å². The number of morpholine rings is 1. The van der Waals surface area contributed by atoms with E-state index in [1.165, 1.54) is 23.1 Å². The number of amides is 1. The fourth-order valence-corrected chi connectivity index (χ4v) is 4.26. The number of carbonyl (C=O) groups excluding carboxylic acids is 2. The zero-order valence-corrected chi connectivity index (χ0v) is 18.3. The standard InChI is InChI=1S/C24H25N3O6/c1-16-6-8-17(9-7-16)22(28)20-21(18-4-2-3-5-19(18)27(31)32)26(24(30)23(20)29)11-10-25-12-14-33-15-13-25/h2-9,21,28H,10-15H2,1H3/b22-20+/t21-/m0/s1. The van der Waals surface area contributed by atoms with Gasteiger partial charge in [0.15, 0.2) is 0 Å². The van der Waals surface area contributed by atoms with Crippen LogP contribution in [-0.2, 0) is 14.3 Å². The molecule has 0 saturated carbocycles. The SMILES string of the molecule is Cc1ccc(/C(O)=C2\C(=O)C(=O)N(CCN3CCOCC3)[C@H]2c2ccccc2[N+](=O)[O-])cc1. The van der Waals surface area contributed by atoms with Gasteiger partial charge >= 0.3 is 0 Å². The Morgan fingerprint density at radius 2 is 1.76 bits per heavy atom. The topological polar surface area (TPSA) is 113 Å². The molecule has 1 atom stereocenters. The number of rotatable bonds is 6. The molecule has 0 spiro atoms. The molecule has 0 aromatic heterocycles. The molecule has 0 bridgehead atoms. The summed E-state index contributed by atoms with van der Waals surface area (Å²) in [6.45, 7) is 5.12. The number of nitrogens with zero attached hydrogens (tertiary/aromatic N) is 3. The molecule has 2 aromatic carbocycles.